The molecule has 2 heterocycles. The number of fused-ring (bicyclic) bond motifs is 1. The molecule has 0 aliphatic carbocycles. The highest BCUT2D eigenvalue weighted by Crippen LogP contribution is 2.14. The van der Waals surface area contributed by atoms with Crippen LogP contribution in [0.4, 0.5) is 0 Å². The maximum atomic E-state index is 12.0. The van der Waals surface area contributed by atoms with Crippen LogP contribution >= 0.6 is 0 Å². The average Bonchev–Trinajstić information content (AvgIpc) is 3.03. The zero-order valence-electron chi connectivity index (χ0n) is 10.6. The van der Waals surface area contributed by atoms with E-state index in [4.69, 9.17) is 0 Å². The van der Waals surface area contributed by atoms with Crippen molar-refractivity contribution in [2.75, 3.05) is 0 Å². The number of aryl methyl sites for hydroxylation is 1. The van der Waals surface area contributed by atoms with Gasteiger partial charge >= 0.3 is 0 Å². The van der Waals surface area contributed by atoms with Gasteiger partial charge in [-0.1, -0.05) is 0 Å². The van der Waals surface area contributed by atoms with Gasteiger partial charge in [-0.25, -0.2) is 0 Å². The largest absolute Gasteiger partial charge is 0.361 e. The van der Waals surface area contributed by atoms with Crippen molar-refractivity contribution in [3.63, 3.8) is 0 Å². The van der Waals surface area contributed by atoms with Crippen LogP contribution in [0.5, 0.6) is 0 Å². The number of amides is 1. The Kier molecular flexibility index (Phi) is 2.79. The van der Waals surface area contributed by atoms with E-state index in [0.717, 1.165) is 16.5 Å². The number of carbonyl (C=O) groups is 1. The highest BCUT2D eigenvalue weighted by atomic mass is 16.1. The maximum Gasteiger partial charge on any atom is 0.251 e. The summed E-state index contributed by atoms with van der Waals surface area (Å²) in [7, 11) is 1.85. The van der Waals surface area contributed by atoms with Gasteiger partial charge < -0.3 is 10.3 Å². The fourth-order valence-corrected chi connectivity index (χ4v) is 2.04. The zero-order chi connectivity index (χ0) is 13.2. The fraction of sp³-hybridized carbons (Fsp3) is 0.143. The van der Waals surface area contributed by atoms with Gasteiger partial charge in [0.2, 0.25) is 0 Å². The van der Waals surface area contributed by atoms with Crippen LogP contribution in [-0.4, -0.2) is 20.7 Å². The molecule has 3 rings (SSSR count). The maximum absolute atomic E-state index is 12.0. The van der Waals surface area contributed by atoms with Crippen molar-refractivity contribution in [1.29, 1.82) is 0 Å². The van der Waals surface area contributed by atoms with Crippen LogP contribution < -0.4 is 5.32 Å². The topological polar surface area (TPSA) is 62.7 Å². The summed E-state index contributed by atoms with van der Waals surface area (Å²) in [4.78, 5) is 15.1. The number of aromatic amines is 1. The van der Waals surface area contributed by atoms with Crippen molar-refractivity contribution in [2.24, 2.45) is 7.05 Å². The third-order valence-electron chi connectivity index (χ3n) is 3.03. The number of nitrogens with one attached hydrogen (secondary N) is 2. The van der Waals surface area contributed by atoms with Crippen LogP contribution in [0, 0.1) is 0 Å². The van der Waals surface area contributed by atoms with Gasteiger partial charge in [0.1, 0.15) is 0 Å². The normalized spacial score (nSPS) is 10.8. The quantitative estimate of drug-likeness (QED) is 0.749. The summed E-state index contributed by atoms with van der Waals surface area (Å²) in [5.41, 5.74) is 2.68. The first-order valence-corrected chi connectivity index (χ1v) is 6.05. The second-order valence-electron chi connectivity index (χ2n) is 4.48. The van der Waals surface area contributed by atoms with Gasteiger partial charge in [0.15, 0.2) is 0 Å². The number of aromatic nitrogens is 3. The minimum atomic E-state index is -0.0769. The van der Waals surface area contributed by atoms with E-state index in [2.05, 4.69) is 15.4 Å². The zero-order valence-corrected chi connectivity index (χ0v) is 10.6. The van der Waals surface area contributed by atoms with E-state index in [0.29, 0.717) is 12.1 Å². The molecule has 2 aromatic heterocycles. The first-order valence-electron chi connectivity index (χ1n) is 6.05. The molecule has 0 bridgehead atoms. The molecule has 0 saturated carbocycles. The van der Waals surface area contributed by atoms with Gasteiger partial charge in [0.05, 0.1) is 6.20 Å². The number of carbonyl (C=O) groups excluding carboxylic acids is 1. The molecule has 3 aromatic rings. The lowest BCUT2D eigenvalue weighted by Crippen LogP contribution is -2.22. The molecule has 0 aliphatic heterocycles. The lowest BCUT2D eigenvalue weighted by molar-refractivity contribution is 0.0951. The Morgan fingerprint density at radius 2 is 2.32 bits per heavy atom. The summed E-state index contributed by atoms with van der Waals surface area (Å²) in [5, 5.41) is 7.98. The van der Waals surface area contributed by atoms with Crippen LogP contribution in [0.3, 0.4) is 0 Å². The summed E-state index contributed by atoms with van der Waals surface area (Å²) in [6.45, 7) is 0.484. The smallest absolute Gasteiger partial charge is 0.251 e. The minimum Gasteiger partial charge on any atom is -0.361 e. The predicted octanol–water partition coefficient (Wildman–Crippen LogP) is 1.83. The van der Waals surface area contributed by atoms with Crippen LogP contribution in [-0.2, 0) is 13.6 Å². The molecule has 0 radical (unpaired) electrons. The van der Waals surface area contributed by atoms with Gasteiger partial charge in [-0.05, 0) is 24.3 Å². The highest BCUT2D eigenvalue weighted by Gasteiger charge is 2.07. The van der Waals surface area contributed by atoms with E-state index < -0.39 is 0 Å². The molecule has 0 fully saturated rings. The second kappa shape index (κ2) is 4.61. The number of rotatable bonds is 3. The minimum absolute atomic E-state index is 0.0769. The van der Waals surface area contributed by atoms with E-state index >= 15 is 0 Å². The number of nitrogens with zero attached hydrogens (tertiary/aromatic N) is 2. The van der Waals surface area contributed by atoms with Crippen molar-refractivity contribution in [1.82, 2.24) is 20.1 Å². The van der Waals surface area contributed by atoms with Gasteiger partial charge in [0.25, 0.3) is 5.91 Å². The summed E-state index contributed by atoms with van der Waals surface area (Å²) in [5.74, 6) is -0.0769. The summed E-state index contributed by atoms with van der Waals surface area (Å²) in [6, 6.07) is 7.56. The Bertz CT molecular complexity index is 726. The van der Waals surface area contributed by atoms with Gasteiger partial charge in [-0.3, -0.25) is 9.48 Å². The van der Waals surface area contributed by atoms with Crippen molar-refractivity contribution in [3.8, 4) is 0 Å². The second-order valence-corrected chi connectivity index (χ2v) is 4.48. The third kappa shape index (κ3) is 2.35. The predicted molar refractivity (Wildman–Crippen MR) is 72.7 cm³/mol. The van der Waals surface area contributed by atoms with Crippen LogP contribution in [0.25, 0.3) is 10.9 Å². The Labute approximate surface area is 110 Å². The number of H-pyrrole nitrogens is 1. The average molecular weight is 254 g/mol. The molecule has 0 aliphatic rings. The molecule has 0 atom stereocenters. The molecule has 96 valence electrons. The Morgan fingerprint density at radius 1 is 1.42 bits per heavy atom. The summed E-state index contributed by atoms with van der Waals surface area (Å²) in [6.07, 6.45) is 5.49. The van der Waals surface area contributed by atoms with E-state index in [1.165, 1.54) is 0 Å². The fourth-order valence-electron chi connectivity index (χ4n) is 2.04. The SMILES string of the molecule is Cn1cc(CNC(=O)c2ccc3[nH]ccc3c2)cn1. The van der Waals surface area contributed by atoms with Crippen molar-refractivity contribution < 1.29 is 4.79 Å². The molecule has 5 nitrogen and oxygen atoms in total. The van der Waals surface area contributed by atoms with Gasteiger partial charge in [-0.2, -0.15) is 5.10 Å². The van der Waals surface area contributed by atoms with E-state index in [1.807, 2.05) is 43.7 Å². The third-order valence-corrected chi connectivity index (χ3v) is 3.03. The number of hydrogen-bond donors (Lipinski definition) is 2. The highest BCUT2D eigenvalue weighted by molar-refractivity contribution is 5.97. The number of benzene rings is 1. The van der Waals surface area contributed by atoms with Crippen LogP contribution in [0.2, 0.25) is 0 Å². The molecular formula is C14H14N4O. The van der Waals surface area contributed by atoms with Crippen molar-refractivity contribution >= 4 is 16.8 Å². The Hall–Kier alpha value is -2.56. The molecule has 5 heteroatoms. The van der Waals surface area contributed by atoms with E-state index in [1.54, 1.807) is 10.9 Å². The monoisotopic (exact) mass is 254 g/mol. The summed E-state index contributed by atoms with van der Waals surface area (Å²) >= 11 is 0. The van der Waals surface area contributed by atoms with Crippen LogP contribution in [0.15, 0.2) is 42.9 Å². The molecular weight excluding hydrogens is 240 g/mol. The van der Waals surface area contributed by atoms with Gasteiger partial charge in [0, 0.05) is 48.0 Å². The lowest BCUT2D eigenvalue weighted by atomic mass is 10.1. The molecule has 0 saturated heterocycles. The van der Waals surface area contributed by atoms with E-state index in [9.17, 15) is 4.79 Å². The molecule has 0 spiro atoms. The first kappa shape index (κ1) is 11.5. The lowest BCUT2D eigenvalue weighted by Gasteiger charge is -2.03. The standard InChI is InChI=1S/C14H14N4O/c1-18-9-10(8-17-18)7-16-14(19)12-2-3-13-11(6-12)4-5-15-13/h2-6,8-9,15H,7H2,1H3,(H,16,19). The molecule has 19 heavy (non-hydrogen) atoms. The van der Waals surface area contributed by atoms with E-state index in [-0.39, 0.29) is 5.91 Å². The van der Waals surface area contributed by atoms with Gasteiger partial charge in [-0.15, -0.1) is 0 Å². The molecule has 1 aromatic carbocycles. The van der Waals surface area contributed by atoms with Crippen molar-refractivity contribution in [3.05, 3.63) is 54.0 Å². The Morgan fingerprint density at radius 3 is 3.11 bits per heavy atom. The first-order chi connectivity index (χ1) is 9.22. The van der Waals surface area contributed by atoms with Crippen LogP contribution in [0.1, 0.15) is 15.9 Å². The molecule has 1 amide bonds. The molecule has 0 unspecified atom stereocenters. The number of hydrogen-bond acceptors (Lipinski definition) is 2. The van der Waals surface area contributed by atoms with Crippen molar-refractivity contribution in [2.45, 2.75) is 6.54 Å². The Balaban J connectivity index is 1.72. The summed E-state index contributed by atoms with van der Waals surface area (Å²) < 4.78 is 1.72. The molecule has 2 N–H and O–H groups in total.